The molecule has 0 spiro atoms. The lowest BCUT2D eigenvalue weighted by molar-refractivity contribution is -0.119. The van der Waals surface area contributed by atoms with E-state index in [4.69, 9.17) is 27.9 Å². The van der Waals surface area contributed by atoms with Crippen molar-refractivity contribution < 1.29 is 14.3 Å². The largest absolute Gasteiger partial charge is 0.444 e. The van der Waals surface area contributed by atoms with Crippen LogP contribution in [0.1, 0.15) is 52.5 Å². The number of carbonyl (C=O) groups excluding carboxylic acids is 2. The maximum absolute atomic E-state index is 12.6. The molecule has 2 rings (SSSR count). The van der Waals surface area contributed by atoms with E-state index in [0.29, 0.717) is 36.1 Å². The average Bonchev–Trinajstić information content (AvgIpc) is 2.55. The van der Waals surface area contributed by atoms with E-state index in [1.165, 1.54) is 6.92 Å². The smallest absolute Gasteiger partial charge is 0.410 e. The van der Waals surface area contributed by atoms with E-state index < -0.39 is 5.60 Å². The minimum Gasteiger partial charge on any atom is -0.444 e. The molecule has 1 aromatic rings. The zero-order valence-corrected chi connectivity index (χ0v) is 17.9. The van der Waals surface area contributed by atoms with Crippen LogP contribution in [-0.4, -0.2) is 42.1 Å². The summed E-state index contributed by atoms with van der Waals surface area (Å²) < 4.78 is 5.56. The van der Waals surface area contributed by atoms with E-state index in [1.807, 2.05) is 32.9 Å². The SMILES string of the molecule is CC(=O)NCCC1(c2ccc(Cl)c(Cl)c2)CCCN(C(=O)OC(C)(C)C)C1. The molecule has 1 saturated heterocycles. The van der Waals surface area contributed by atoms with Gasteiger partial charge in [0.05, 0.1) is 10.0 Å². The van der Waals surface area contributed by atoms with Crippen LogP contribution in [0, 0.1) is 0 Å². The monoisotopic (exact) mass is 414 g/mol. The van der Waals surface area contributed by atoms with Gasteiger partial charge in [-0.25, -0.2) is 4.79 Å². The molecule has 0 bridgehead atoms. The Hall–Kier alpha value is -1.46. The molecule has 1 atom stereocenters. The lowest BCUT2D eigenvalue weighted by Crippen LogP contribution is -2.51. The number of piperidine rings is 1. The van der Waals surface area contributed by atoms with Gasteiger partial charge in [-0.05, 0) is 57.7 Å². The second kappa shape index (κ2) is 8.70. The molecule has 1 aromatic carbocycles. The summed E-state index contributed by atoms with van der Waals surface area (Å²) >= 11 is 12.3. The first-order valence-electron chi connectivity index (χ1n) is 9.20. The van der Waals surface area contributed by atoms with Gasteiger partial charge < -0.3 is 15.0 Å². The van der Waals surface area contributed by atoms with Gasteiger partial charge in [0.15, 0.2) is 0 Å². The highest BCUT2D eigenvalue weighted by atomic mass is 35.5. The van der Waals surface area contributed by atoms with Gasteiger partial charge in [-0.3, -0.25) is 4.79 Å². The molecule has 1 aliphatic heterocycles. The molecule has 1 unspecified atom stereocenters. The number of carbonyl (C=O) groups is 2. The van der Waals surface area contributed by atoms with Gasteiger partial charge in [0.2, 0.25) is 5.91 Å². The quantitative estimate of drug-likeness (QED) is 0.770. The zero-order valence-electron chi connectivity index (χ0n) is 16.4. The maximum Gasteiger partial charge on any atom is 0.410 e. The van der Waals surface area contributed by atoms with Gasteiger partial charge in [-0.15, -0.1) is 0 Å². The van der Waals surface area contributed by atoms with Crippen molar-refractivity contribution in [2.75, 3.05) is 19.6 Å². The molecule has 7 heteroatoms. The number of rotatable bonds is 4. The van der Waals surface area contributed by atoms with Crippen molar-refractivity contribution in [3.05, 3.63) is 33.8 Å². The lowest BCUT2D eigenvalue weighted by Gasteiger charge is -2.43. The minimum atomic E-state index is -0.545. The van der Waals surface area contributed by atoms with Gasteiger partial charge in [-0.1, -0.05) is 29.3 Å². The van der Waals surface area contributed by atoms with Crippen LogP contribution < -0.4 is 5.32 Å². The molecule has 1 N–H and O–H groups in total. The summed E-state index contributed by atoms with van der Waals surface area (Å²) in [7, 11) is 0. The second-order valence-corrected chi connectivity index (χ2v) is 8.96. The van der Waals surface area contributed by atoms with Crippen LogP contribution in [0.3, 0.4) is 0 Å². The van der Waals surface area contributed by atoms with Crippen LogP contribution in [0.4, 0.5) is 4.79 Å². The molecule has 150 valence electrons. The first-order chi connectivity index (χ1) is 12.5. The molecular weight excluding hydrogens is 387 g/mol. The Morgan fingerprint density at radius 2 is 1.96 bits per heavy atom. The molecular formula is C20H28Cl2N2O3. The molecule has 1 fully saturated rings. The number of likely N-dealkylation sites (tertiary alicyclic amines) is 1. The Morgan fingerprint density at radius 3 is 2.56 bits per heavy atom. The number of benzene rings is 1. The van der Waals surface area contributed by atoms with Crippen molar-refractivity contribution in [3.8, 4) is 0 Å². The Balaban J connectivity index is 2.29. The molecule has 0 saturated carbocycles. The fourth-order valence-electron chi connectivity index (χ4n) is 3.50. The van der Waals surface area contributed by atoms with E-state index >= 15 is 0 Å². The fraction of sp³-hybridized carbons (Fsp3) is 0.600. The Morgan fingerprint density at radius 1 is 1.26 bits per heavy atom. The zero-order chi connectivity index (χ0) is 20.2. The van der Waals surface area contributed by atoms with Gasteiger partial charge in [0, 0.05) is 32.0 Å². The molecule has 1 aliphatic rings. The molecule has 0 aliphatic carbocycles. The highest BCUT2D eigenvalue weighted by Crippen LogP contribution is 2.39. The topological polar surface area (TPSA) is 58.6 Å². The van der Waals surface area contributed by atoms with Crippen molar-refractivity contribution in [3.63, 3.8) is 0 Å². The summed E-state index contributed by atoms with van der Waals surface area (Å²) in [6.07, 6.45) is 2.12. The summed E-state index contributed by atoms with van der Waals surface area (Å²) in [6.45, 7) is 8.77. The van der Waals surface area contributed by atoms with E-state index in [0.717, 1.165) is 18.4 Å². The van der Waals surface area contributed by atoms with Gasteiger partial charge in [-0.2, -0.15) is 0 Å². The number of hydrogen-bond acceptors (Lipinski definition) is 3. The molecule has 0 radical (unpaired) electrons. The normalized spacial score (nSPS) is 20.3. The van der Waals surface area contributed by atoms with E-state index in [-0.39, 0.29) is 17.4 Å². The highest BCUT2D eigenvalue weighted by molar-refractivity contribution is 6.42. The van der Waals surface area contributed by atoms with Crippen LogP contribution in [0.5, 0.6) is 0 Å². The number of amides is 2. The van der Waals surface area contributed by atoms with Crippen molar-refractivity contribution in [1.29, 1.82) is 0 Å². The number of halogens is 2. The van der Waals surface area contributed by atoms with Gasteiger partial charge >= 0.3 is 6.09 Å². The summed E-state index contributed by atoms with van der Waals surface area (Å²) in [5.74, 6) is -0.0703. The maximum atomic E-state index is 12.6. The van der Waals surface area contributed by atoms with Gasteiger partial charge in [0.25, 0.3) is 0 Å². The van der Waals surface area contributed by atoms with Crippen molar-refractivity contribution in [2.45, 2.75) is 58.0 Å². The van der Waals surface area contributed by atoms with Gasteiger partial charge in [0.1, 0.15) is 5.60 Å². The standard InChI is InChI=1S/C20H28Cl2N2O3/c1-14(25)23-10-9-20(15-6-7-16(21)17(22)12-15)8-5-11-24(13-20)18(26)27-19(2,3)4/h6-7,12H,5,8-11,13H2,1-4H3,(H,23,25). The van der Waals surface area contributed by atoms with E-state index in [1.54, 1.807) is 11.0 Å². The third-order valence-electron chi connectivity index (χ3n) is 4.74. The Kier molecular flexibility index (Phi) is 7.03. The van der Waals surface area contributed by atoms with Crippen LogP contribution in [-0.2, 0) is 14.9 Å². The molecule has 5 nitrogen and oxygen atoms in total. The third kappa shape index (κ3) is 6.01. The molecule has 0 aromatic heterocycles. The number of hydrogen-bond donors (Lipinski definition) is 1. The summed E-state index contributed by atoms with van der Waals surface area (Å²) in [4.78, 5) is 25.7. The molecule has 27 heavy (non-hydrogen) atoms. The fourth-order valence-corrected chi connectivity index (χ4v) is 3.80. The van der Waals surface area contributed by atoms with E-state index in [9.17, 15) is 9.59 Å². The predicted octanol–water partition coefficient (Wildman–Crippen LogP) is 4.79. The number of ether oxygens (including phenoxy) is 1. The summed E-state index contributed by atoms with van der Waals surface area (Å²) in [5.41, 5.74) is 0.165. The van der Waals surface area contributed by atoms with E-state index in [2.05, 4.69) is 5.32 Å². The Bertz CT molecular complexity index is 703. The number of nitrogens with one attached hydrogen (secondary N) is 1. The third-order valence-corrected chi connectivity index (χ3v) is 5.48. The first-order valence-corrected chi connectivity index (χ1v) is 9.96. The first kappa shape index (κ1) is 21.8. The second-order valence-electron chi connectivity index (χ2n) is 8.15. The predicted molar refractivity (Wildman–Crippen MR) is 108 cm³/mol. The minimum absolute atomic E-state index is 0.0703. The highest BCUT2D eigenvalue weighted by Gasteiger charge is 2.39. The van der Waals surface area contributed by atoms with Crippen LogP contribution >= 0.6 is 23.2 Å². The van der Waals surface area contributed by atoms with Crippen LogP contribution in [0.2, 0.25) is 10.0 Å². The van der Waals surface area contributed by atoms with Crippen molar-refractivity contribution in [1.82, 2.24) is 10.2 Å². The molecule has 2 amide bonds. The average molecular weight is 415 g/mol. The molecule has 1 heterocycles. The number of nitrogens with zero attached hydrogens (tertiary/aromatic N) is 1. The van der Waals surface area contributed by atoms with Crippen molar-refractivity contribution in [2.24, 2.45) is 0 Å². The summed E-state index contributed by atoms with van der Waals surface area (Å²) in [5, 5.41) is 3.85. The van der Waals surface area contributed by atoms with Crippen LogP contribution in [0.25, 0.3) is 0 Å². The lowest BCUT2D eigenvalue weighted by atomic mass is 9.71. The Labute approximate surface area is 171 Å². The van der Waals surface area contributed by atoms with Crippen molar-refractivity contribution >= 4 is 35.2 Å². The van der Waals surface area contributed by atoms with Crippen LogP contribution in [0.15, 0.2) is 18.2 Å². The summed E-state index contributed by atoms with van der Waals surface area (Å²) in [6, 6.07) is 5.61.